The predicted molar refractivity (Wildman–Crippen MR) is 128 cm³/mol. The lowest BCUT2D eigenvalue weighted by Gasteiger charge is -2.30. The third-order valence-corrected chi connectivity index (χ3v) is 7.18. The molecule has 0 saturated heterocycles. The Bertz CT molecular complexity index is 974. The Balaban J connectivity index is 2.00. The van der Waals surface area contributed by atoms with E-state index in [1.165, 1.54) is 15.4 Å². The lowest BCUT2D eigenvalue weighted by atomic mass is 10.1. The summed E-state index contributed by atoms with van der Waals surface area (Å²) in [5.74, 6) is 1.38. The monoisotopic (exact) mass is 448 g/mol. The van der Waals surface area contributed by atoms with Crippen molar-refractivity contribution in [3.05, 3.63) is 64.7 Å². The molecule has 0 aliphatic heterocycles. The Morgan fingerprint density at radius 1 is 1.10 bits per heavy atom. The van der Waals surface area contributed by atoms with Gasteiger partial charge in [-0.2, -0.15) is 11.8 Å². The van der Waals surface area contributed by atoms with Crippen LogP contribution in [0.3, 0.4) is 0 Å². The zero-order chi connectivity index (χ0) is 22.3. The second-order valence-corrected chi connectivity index (χ2v) is 10.5. The van der Waals surface area contributed by atoms with Crippen LogP contribution in [0.5, 0.6) is 0 Å². The van der Waals surface area contributed by atoms with Crippen molar-refractivity contribution in [2.45, 2.75) is 45.9 Å². The number of carbonyl (C=O) groups is 1. The molecule has 0 spiro atoms. The highest BCUT2D eigenvalue weighted by molar-refractivity contribution is 7.98. The van der Waals surface area contributed by atoms with E-state index in [1.54, 1.807) is 17.8 Å². The normalized spacial score (nSPS) is 12.4. The Morgan fingerprint density at radius 2 is 1.83 bits per heavy atom. The smallest absolute Gasteiger partial charge is 0.243 e. The van der Waals surface area contributed by atoms with E-state index in [1.807, 2.05) is 39.0 Å². The molecule has 30 heavy (non-hydrogen) atoms. The molecule has 0 bridgehead atoms. The number of aryl methyl sites for hydroxylation is 3. The number of thioether (sulfide) groups is 1. The molecule has 164 valence electrons. The van der Waals surface area contributed by atoms with Gasteiger partial charge < -0.3 is 5.32 Å². The van der Waals surface area contributed by atoms with E-state index < -0.39 is 16.1 Å². The molecule has 0 unspecified atom stereocenters. The van der Waals surface area contributed by atoms with Crippen LogP contribution < -0.4 is 9.62 Å². The van der Waals surface area contributed by atoms with Gasteiger partial charge >= 0.3 is 0 Å². The Morgan fingerprint density at radius 3 is 2.43 bits per heavy atom. The first-order valence-corrected chi connectivity index (χ1v) is 13.1. The quantitative estimate of drug-likeness (QED) is 0.553. The summed E-state index contributed by atoms with van der Waals surface area (Å²) in [4.78, 5) is 12.8. The zero-order valence-electron chi connectivity index (χ0n) is 18.4. The Labute approximate surface area is 185 Å². The van der Waals surface area contributed by atoms with Crippen molar-refractivity contribution in [3.8, 4) is 0 Å². The molecule has 2 aromatic rings. The summed E-state index contributed by atoms with van der Waals surface area (Å²) >= 11 is 1.74. The summed E-state index contributed by atoms with van der Waals surface area (Å²) < 4.78 is 26.3. The second-order valence-electron chi connectivity index (χ2n) is 7.58. The first kappa shape index (κ1) is 24.3. The van der Waals surface area contributed by atoms with E-state index in [9.17, 15) is 13.2 Å². The van der Waals surface area contributed by atoms with Crippen molar-refractivity contribution < 1.29 is 13.2 Å². The highest BCUT2D eigenvalue weighted by Crippen LogP contribution is 2.25. The van der Waals surface area contributed by atoms with Gasteiger partial charge in [0.2, 0.25) is 15.9 Å². The van der Waals surface area contributed by atoms with Gasteiger partial charge in [0.25, 0.3) is 0 Å². The fraction of sp³-hybridized carbons (Fsp3) is 0.435. The molecule has 1 N–H and O–H groups in total. The molecule has 0 radical (unpaired) electrons. The number of rotatable bonds is 10. The van der Waals surface area contributed by atoms with E-state index in [-0.39, 0.29) is 5.91 Å². The third-order valence-electron chi connectivity index (χ3n) is 4.97. The molecule has 0 aliphatic rings. The molecule has 7 heteroatoms. The van der Waals surface area contributed by atoms with Crippen LogP contribution >= 0.6 is 11.8 Å². The Hall–Kier alpha value is -1.99. The van der Waals surface area contributed by atoms with E-state index >= 15 is 0 Å². The summed E-state index contributed by atoms with van der Waals surface area (Å²) in [7, 11) is -3.61. The molecular formula is C23H32N2O3S2. The van der Waals surface area contributed by atoms with Crippen LogP contribution in [0, 0.1) is 20.8 Å². The van der Waals surface area contributed by atoms with Crippen LogP contribution in [0.15, 0.2) is 42.5 Å². The fourth-order valence-electron chi connectivity index (χ4n) is 3.28. The van der Waals surface area contributed by atoms with E-state index in [2.05, 4.69) is 30.4 Å². The molecule has 0 heterocycles. The minimum atomic E-state index is -3.61. The van der Waals surface area contributed by atoms with Gasteiger partial charge in [-0.15, -0.1) is 0 Å². The maximum atomic E-state index is 12.8. The average molecular weight is 449 g/mol. The molecular weight excluding hydrogens is 416 g/mol. The van der Waals surface area contributed by atoms with Gasteiger partial charge in [-0.3, -0.25) is 9.10 Å². The number of sulfonamides is 1. The van der Waals surface area contributed by atoms with E-state index in [0.717, 1.165) is 28.9 Å². The number of hydrogen-bond donors (Lipinski definition) is 1. The highest BCUT2D eigenvalue weighted by Gasteiger charge is 2.31. The van der Waals surface area contributed by atoms with Gasteiger partial charge in [0.1, 0.15) is 6.04 Å². The lowest BCUT2D eigenvalue weighted by Crippen LogP contribution is -2.49. The average Bonchev–Trinajstić information content (AvgIpc) is 2.67. The van der Waals surface area contributed by atoms with Gasteiger partial charge in [-0.25, -0.2) is 8.42 Å². The molecule has 0 fully saturated rings. The number of hydrogen-bond acceptors (Lipinski definition) is 4. The lowest BCUT2D eigenvalue weighted by molar-refractivity contribution is -0.122. The minimum Gasteiger partial charge on any atom is -0.353 e. The van der Waals surface area contributed by atoms with E-state index in [4.69, 9.17) is 0 Å². The van der Waals surface area contributed by atoms with Crippen molar-refractivity contribution >= 4 is 33.4 Å². The second kappa shape index (κ2) is 10.9. The number of carbonyl (C=O) groups excluding carboxylic acids is 1. The van der Waals surface area contributed by atoms with Gasteiger partial charge in [-0.1, -0.05) is 42.8 Å². The van der Waals surface area contributed by atoms with Crippen molar-refractivity contribution in [2.75, 3.05) is 22.9 Å². The number of amides is 1. The maximum Gasteiger partial charge on any atom is 0.243 e. The summed E-state index contributed by atoms with van der Waals surface area (Å²) in [6, 6.07) is 13.1. The molecule has 5 nitrogen and oxygen atoms in total. The van der Waals surface area contributed by atoms with Crippen LogP contribution in [0.1, 0.15) is 35.6 Å². The van der Waals surface area contributed by atoms with Crippen LogP contribution in [-0.2, 0) is 20.6 Å². The van der Waals surface area contributed by atoms with Crippen LogP contribution in [0.4, 0.5) is 5.69 Å². The molecule has 1 atom stereocenters. The summed E-state index contributed by atoms with van der Waals surface area (Å²) in [6.45, 7) is 8.31. The number of nitrogens with one attached hydrogen (secondary N) is 1. The fourth-order valence-corrected chi connectivity index (χ4v) is 5.29. The standard InChI is InChI=1S/C23H32N2O3S2/c1-6-22(25(30(5,27)28)21-11-10-18(3)19(4)15-21)23(26)24-12-13-29-16-20-9-7-8-17(2)14-20/h7-11,14-15,22H,6,12-13,16H2,1-5H3,(H,24,26)/t22-/m0/s1. The highest BCUT2D eigenvalue weighted by atomic mass is 32.2. The van der Waals surface area contributed by atoms with Gasteiger partial charge in [0, 0.05) is 18.1 Å². The molecule has 2 rings (SSSR count). The first-order chi connectivity index (χ1) is 14.1. The zero-order valence-corrected chi connectivity index (χ0v) is 20.1. The van der Waals surface area contributed by atoms with Crippen molar-refractivity contribution in [1.29, 1.82) is 0 Å². The third kappa shape index (κ3) is 6.77. The first-order valence-electron chi connectivity index (χ1n) is 10.1. The number of benzene rings is 2. The summed E-state index contributed by atoms with van der Waals surface area (Å²) in [5, 5.41) is 2.91. The minimum absolute atomic E-state index is 0.266. The SMILES string of the molecule is CC[C@@H](C(=O)NCCSCc1cccc(C)c1)N(c1ccc(C)c(C)c1)S(C)(=O)=O. The predicted octanol–water partition coefficient (Wildman–Crippen LogP) is 4.21. The molecule has 1 amide bonds. The van der Waals surface area contributed by atoms with Gasteiger partial charge in [0.15, 0.2) is 0 Å². The van der Waals surface area contributed by atoms with E-state index in [0.29, 0.717) is 18.7 Å². The molecule has 2 aromatic carbocycles. The molecule has 0 aromatic heterocycles. The van der Waals surface area contributed by atoms with Crippen molar-refractivity contribution in [3.63, 3.8) is 0 Å². The molecule has 0 aliphatic carbocycles. The largest absolute Gasteiger partial charge is 0.353 e. The van der Waals surface area contributed by atoms with Crippen molar-refractivity contribution in [1.82, 2.24) is 5.32 Å². The number of anilines is 1. The summed E-state index contributed by atoms with van der Waals surface area (Å²) in [5.41, 5.74) is 5.09. The molecule has 0 saturated carbocycles. The summed E-state index contributed by atoms with van der Waals surface area (Å²) in [6.07, 6.45) is 1.54. The van der Waals surface area contributed by atoms with Crippen molar-refractivity contribution in [2.24, 2.45) is 0 Å². The Kier molecular flexibility index (Phi) is 8.79. The maximum absolute atomic E-state index is 12.8. The van der Waals surface area contributed by atoms with Crippen LogP contribution in [0.2, 0.25) is 0 Å². The van der Waals surface area contributed by atoms with Gasteiger partial charge in [-0.05, 0) is 56.0 Å². The van der Waals surface area contributed by atoms with Crippen LogP contribution in [-0.4, -0.2) is 38.9 Å². The van der Waals surface area contributed by atoms with Gasteiger partial charge in [0.05, 0.1) is 11.9 Å². The number of nitrogens with zero attached hydrogens (tertiary/aromatic N) is 1. The topological polar surface area (TPSA) is 66.5 Å². The van der Waals surface area contributed by atoms with Crippen LogP contribution in [0.25, 0.3) is 0 Å².